The minimum absolute atomic E-state index is 0.310. The zero-order valence-corrected chi connectivity index (χ0v) is 18.8. The van der Waals surface area contributed by atoms with Crippen LogP contribution in [-0.2, 0) is 25.7 Å². The van der Waals surface area contributed by atoms with Gasteiger partial charge < -0.3 is 9.73 Å². The molecular weight excluding hydrogens is 453 g/mol. The van der Waals surface area contributed by atoms with E-state index in [2.05, 4.69) is 10.2 Å². The number of rotatable bonds is 5. The van der Waals surface area contributed by atoms with Crippen molar-refractivity contribution in [2.24, 2.45) is 0 Å². The summed E-state index contributed by atoms with van der Waals surface area (Å²) in [6.07, 6.45) is -1.86. The van der Waals surface area contributed by atoms with E-state index >= 15 is 0 Å². The first-order valence-corrected chi connectivity index (χ1v) is 11.3. The molecule has 1 aliphatic heterocycles. The van der Waals surface area contributed by atoms with Crippen molar-refractivity contribution < 1.29 is 22.4 Å². The standard InChI is InChI=1S/C28H23F3N2O2/c29-28(30,31)22-10-7-19(8-11-22)25-5-1-2-6-26(25)27(34)32-23-12-9-21-17-33(14-13-20(21)16-23)18-24-4-3-15-35-24/h1-12,15-16H,13-14,17-18H2,(H,32,34). The van der Waals surface area contributed by atoms with E-state index < -0.39 is 11.7 Å². The Bertz CT molecular complexity index is 1330. The minimum Gasteiger partial charge on any atom is -0.468 e. The Morgan fingerprint density at radius 3 is 2.49 bits per heavy atom. The van der Waals surface area contributed by atoms with Gasteiger partial charge in [-0.3, -0.25) is 9.69 Å². The number of carbonyl (C=O) groups excluding carboxylic acids is 1. The van der Waals surface area contributed by atoms with Crippen molar-refractivity contribution in [2.45, 2.75) is 25.7 Å². The van der Waals surface area contributed by atoms with Gasteiger partial charge in [0.05, 0.1) is 18.4 Å². The van der Waals surface area contributed by atoms with Crippen LogP contribution in [0.25, 0.3) is 11.1 Å². The molecule has 3 aromatic carbocycles. The maximum atomic E-state index is 13.1. The molecule has 4 nitrogen and oxygen atoms in total. The Hall–Kier alpha value is -3.84. The number of carbonyl (C=O) groups is 1. The van der Waals surface area contributed by atoms with Crippen LogP contribution in [0.4, 0.5) is 18.9 Å². The van der Waals surface area contributed by atoms with Crippen LogP contribution in [0.2, 0.25) is 0 Å². The lowest BCUT2D eigenvalue weighted by Crippen LogP contribution is -2.30. The van der Waals surface area contributed by atoms with E-state index in [-0.39, 0.29) is 5.91 Å². The third-order valence-corrected chi connectivity index (χ3v) is 6.21. The summed E-state index contributed by atoms with van der Waals surface area (Å²) in [5.41, 5.74) is 3.89. The monoisotopic (exact) mass is 476 g/mol. The highest BCUT2D eigenvalue weighted by Crippen LogP contribution is 2.32. The summed E-state index contributed by atoms with van der Waals surface area (Å²) in [7, 11) is 0. The molecule has 178 valence electrons. The Morgan fingerprint density at radius 1 is 0.943 bits per heavy atom. The van der Waals surface area contributed by atoms with Crippen molar-refractivity contribution >= 4 is 11.6 Å². The molecule has 1 aromatic heterocycles. The molecule has 0 bridgehead atoms. The summed E-state index contributed by atoms with van der Waals surface area (Å²) in [6, 6.07) is 21.5. The van der Waals surface area contributed by atoms with E-state index in [1.807, 2.05) is 30.3 Å². The predicted octanol–water partition coefficient (Wildman–Crippen LogP) is 6.78. The lowest BCUT2D eigenvalue weighted by atomic mass is 9.97. The largest absolute Gasteiger partial charge is 0.468 e. The molecule has 0 radical (unpaired) electrons. The van der Waals surface area contributed by atoms with E-state index in [0.29, 0.717) is 22.4 Å². The number of fused-ring (bicyclic) bond motifs is 1. The molecule has 0 saturated heterocycles. The fraction of sp³-hybridized carbons (Fsp3) is 0.179. The van der Waals surface area contributed by atoms with Crippen LogP contribution in [0.15, 0.2) is 89.5 Å². The van der Waals surface area contributed by atoms with Crippen molar-refractivity contribution in [1.29, 1.82) is 0 Å². The summed E-state index contributed by atoms with van der Waals surface area (Å²) in [5, 5.41) is 2.95. The molecule has 35 heavy (non-hydrogen) atoms. The summed E-state index contributed by atoms with van der Waals surface area (Å²) < 4.78 is 44.2. The second-order valence-corrected chi connectivity index (χ2v) is 8.60. The van der Waals surface area contributed by atoms with Crippen molar-refractivity contribution in [3.05, 3.63) is 113 Å². The van der Waals surface area contributed by atoms with Gasteiger partial charge in [-0.1, -0.05) is 36.4 Å². The topological polar surface area (TPSA) is 45.5 Å². The molecule has 0 unspecified atom stereocenters. The molecule has 1 N–H and O–H groups in total. The van der Waals surface area contributed by atoms with Crippen LogP contribution in [0.3, 0.4) is 0 Å². The van der Waals surface area contributed by atoms with Gasteiger partial charge in [-0.05, 0) is 71.1 Å². The van der Waals surface area contributed by atoms with Gasteiger partial charge in [0, 0.05) is 24.3 Å². The van der Waals surface area contributed by atoms with Gasteiger partial charge in [0.25, 0.3) is 5.91 Å². The number of nitrogens with zero attached hydrogens (tertiary/aromatic N) is 1. The summed E-state index contributed by atoms with van der Waals surface area (Å²) in [6.45, 7) is 2.45. The number of furan rings is 1. The second-order valence-electron chi connectivity index (χ2n) is 8.60. The summed E-state index contributed by atoms with van der Waals surface area (Å²) >= 11 is 0. The van der Waals surface area contributed by atoms with Crippen LogP contribution in [0.1, 0.15) is 32.8 Å². The van der Waals surface area contributed by atoms with E-state index in [1.165, 1.54) is 23.3 Å². The molecule has 0 fully saturated rings. The Balaban J connectivity index is 1.31. The average Bonchev–Trinajstić information content (AvgIpc) is 3.37. The molecule has 0 aliphatic carbocycles. The molecule has 2 heterocycles. The number of hydrogen-bond donors (Lipinski definition) is 1. The average molecular weight is 476 g/mol. The van der Waals surface area contributed by atoms with Crippen LogP contribution in [-0.4, -0.2) is 17.4 Å². The van der Waals surface area contributed by atoms with Crippen molar-refractivity contribution in [3.63, 3.8) is 0 Å². The number of alkyl halides is 3. The third kappa shape index (κ3) is 5.15. The number of halogens is 3. The van der Waals surface area contributed by atoms with Crippen LogP contribution in [0.5, 0.6) is 0 Å². The van der Waals surface area contributed by atoms with Crippen molar-refractivity contribution in [1.82, 2.24) is 4.90 Å². The van der Waals surface area contributed by atoms with Gasteiger partial charge in [0.15, 0.2) is 0 Å². The highest BCUT2D eigenvalue weighted by atomic mass is 19.4. The molecule has 0 atom stereocenters. The van der Waals surface area contributed by atoms with E-state index in [4.69, 9.17) is 4.42 Å². The Kier molecular flexibility index (Phi) is 6.17. The molecule has 7 heteroatoms. The quantitative estimate of drug-likeness (QED) is 0.346. The van der Waals surface area contributed by atoms with E-state index in [9.17, 15) is 18.0 Å². The summed E-state index contributed by atoms with van der Waals surface area (Å²) in [4.78, 5) is 15.4. The fourth-order valence-corrected chi connectivity index (χ4v) is 4.42. The Morgan fingerprint density at radius 2 is 1.74 bits per heavy atom. The highest BCUT2D eigenvalue weighted by molar-refractivity contribution is 6.08. The first kappa shape index (κ1) is 22.9. The maximum absolute atomic E-state index is 13.1. The maximum Gasteiger partial charge on any atom is 0.416 e. The number of amides is 1. The van der Waals surface area contributed by atoms with Gasteiger partial charge in [-0.2, -0.15) is 13.2 Å². The van der Waals surface area contributed by atoms with E-state index in [0.717, 1.165) is 43.9 Å². The zero-order valence-electron chi connectivity index (χ0n) is 18.8. The molecule has 1 aliphatic rings. The van der Waals surface area contributed by atoms with Gasteiger partial charge in [-0.25, -0.2) is 0 Å². The highest BCUT2D eigenvalue weighted by Gasteiger charge is 2.30. The summed E-state index contributed by atoms with van der Waals surface area (Å²) in [5.74, 6) is 0.625. The van der Waals surface area contributed by atoms with Crippen LogP contribution < -0.4 is 5.32 Å². The number of nitrogens with one attached hydrogen (secondary N) is 1. The molecular formula is C28H23F3N2O2. The van der Waals surface area contributed by atoms with Crippen molar-refractivity contribution in [3.8, 4) is 11.1 Å². The van der Waals surface area contributed by atoms with Crippen LogP contribution >= 0.6 is 0 Å². The molecule has 5 rings (SSSR count). The zero-order chi connectivity index (χ0) is 24.4. The normalized spacial score (nSPS) is 13.9. The lowest BCUT2D eigenvalue weighted by molar-refractivity contribution is -0.137. The fourth-order valence-electron chi connectivity index (χ4n) is 4.42. The van der Waals surface area contributed by atoms with Crippen molar-refractivity contribution in [2.75, 3.05) is 11.9 Å². The van der Waals surface area contributed by atoms with Gasteiger partial charge in [0.1, 0.15) is 5.76 Å². The number of benzene rings is 3. The smallest absolute Gasteiger partial charge is 0.416 e. The SMILES string of the molecule is O=C(Nc1ccc2c(c1)CCN(Cc1ccco1)C2)c1ccccc1-c1ccc(C(F)(F)F)cc1. The number of anilines is 1. The molecule has 1 amide bonds. The lowest BCUT2D eigenvalue weighted by Gasteiger charge is -2.28. The predicted molar refractivity (Wildman–Crippen MR) is 128 cm³/mol. The Labute approximate surface area is 201 Å². The van der Waals surface area contributed by atoms with E-state index in [1.54, 1.807) is 30.5 Å². The molecule has 0 spiro atoms. The molecule has 4 aromatic rings. The van der Waals surface area contributed by atoms with Gasteiger partial charge >= 0.3 is 6.18 Å². The first-order chi connectivity index (χ1) is 16.9. The molecule has 0 saturated carbocycles. The second kappa shape index (κ2) is 9.43. The van der Waals surface area contributed by atoms with Crippen LogP contribution in [0, 0.1) is 0 Å². The number of hydrogen-bond acceptors (Lipinski definition) is 3. The van der Waals surface area contributed by atoms with Gasteiger partial charge in [-0.15, -0.1) is 0 Å². The van der Waals surface area contributed by atoms with Gasteiger partial charge in [0.2, 0.25) is 0 Å². The third-order valence-electron chi connectivity index (χ3n) is 6.21. The first-order valence-electron chi connectivity index (χ1n) is 11.3. The minimum atomic E-state index is -4.41.